The summed E-state index contributed by atoms with van der Waals surface area (Å²) < 4.78 is 0.0864. The van der Waals surface area contributed by atoms with Crippen molar-refractivity contribution in [2.45, 2.75) is 32.0 Å². The van der Waals surface area contributed by atoms with Gasteiger partial charge < -0.3 is 0 Å². The molecule has 0 N–H and O–H groups in total. The highest BCUT2D eigenvalue weighted by atomic mass is 79.9. The molecule has 1 aromatic carbocycles. The Balaban J connectivity index is 3.26. The third-order valence-electron chi connectivity index (χ3n) is 2.25. The van der Waals surface area contributed by atoms with Crippen LogP contribution < -0.4 is 0 Å². The quantitative estimate of drug-likeness (QED) is 0.637. The molecule has 0 aromatic heterocycles. The molecule has 0 aliphatic heterocycles. The summed E-state index contributed by atoms with van der Waals surface area (Å²) in [6.45, 7) is 8.68. The molecule has 0 bridgehead atoms. The first-order chi connectivity index (χ1) is 5.43. The first-order valence-corrected chi connectivity index (χ1v) is 4.98. The summed E-state index contributed by atoms with van der Waals surface area (Å²) in [6, 6.07) is 6.44. The minimum atomic E-state index is 0.0864. The van der Waals surface area contributed by atoms with Gasteiger partial charge in [-0.3, -0.25) is 0 Å². The standard InChI is InChI=1S/C11H15Br/c1-8-6-5-7-10(9(8)2)11(3,4)12/h5-7H,1-4H3. The Bertz CT molecular complexity index is 282. The van der Waals surface area contributed by atoms with Gasteiger partial charge in [0, 0.05) is 4.32 Å². The van der Waals surface area contributed by atoms with Crippen LogP contribution in [0.25, 0.3) is 0 Å². The summed E-state index contributed by atoms with van der Waals surface area (Å²) >= 11 is 3.67. The van der Waals surface area contributed by atoms with Crippen LogP contribution in [0.4, 0.5) is 0 Å². The van der Waals surface area contributed by atoms with E-state index in [9.17, 15) is 0 Å². The van der Waals surface area contributed by atoms with Gasteiger partial charge in [-0.15, -0.1) is 0 Å². The van der Waals surface area contributed by atoms with Crippen LogP contribution in [0.2, 0.25) is 0 Å². The lowest BCUT2D eigenvalue weighted by atomic mass is 9.95. The van der Waals surface area contributed by atoms with Crippen molar-refractivity contribution < 1.29 is 0 Å². The van der Waals surface area contributed by atoms with E-state index in [-0.39, 0.29) is 4.32 Å². The molecule has 0 fully saturated rings. The number of hydrogen-bond donors (Lipinski definition) is 0. The molecule has 0 aliphatic rings. The maximum absolute atomic E-state index is 3.67. The Morgan fingerprint density at radius 3 is 2.17 bits per heavy atom. The molecule has 12 heavy (non-hydrogen) atoms. The number of halogens is 1. The molecule has 0 saturated carbocycles. The molecule has 0 amide bonds. The predicted molar refractivity (Wildman–Crippen MR) is 57.9 cm³/mol. The highest BCUT2D eigenvalue weighted by molar-refractivity contribution is 9.09. The number of benzene rings is 1. The summed E-state index contributed by atoms with van der Waals surface area (Å²) in [5.41, 5.74) is 4.13. The lowest BCUT2D eigenvalue weighted by molar-refractivity contribution is 0.793. The molecule has 66 valence electrons. The topological polar surface area (TPSA) is 0 Å². The number of aryl methyl sites for hydroxylation is 1. The van der Waals surface area contributed by atoms with Crippen molar-refractivity contribution in [3.05, 3.63) is 34.9 Å². The van der Waals surface area contributed by atoms with Gasteiger partial charge in [0.15, 0.2) is 0 Å². The van der Waals surface area contributed by atoms with Gasteiger partial charge in [-0.2, -0.15) is 0 Å². The maximum atomic E-state index is 3.67. The zero-order valence-electron chi connectivity index (χ0n) is 8.11. The summed E-state index contributed by atoms with van der Waals surface area (Å²) in [4.78, 5) is 0. The molecule has 0 aliphatic carbocycles. The van der Waals surface area contributed by atoms with E-state index < -0.39 is 0 Å². The Hall–Kier alpha value is -0.300. The van der Waals surface area contributed by atoms with Crippen LogP contribution in [0.15, 0.2) is 18.2 Å². The molecular weight excluding hydrogens is 212 g/mol. The van der Waals surface area contributed by atoms with Crippen LogP contribution in [-0.2, 0) is 4.32 Å². The fourth-order valence-corrected chi connectivity index (χ4v) is 1.82. The largest absolute Gasteiger partial charge is 0.0807 e. The van der Waals surface area contributed by atoms with E-state index in [1.165, 1.54) is 16.7 Å². The van der Waals surface area contributed by atoms with Gasteiger partial charge >= 0.3 is 0 Å². The van der Waals surface area contributed by atoms with Crippen LogP contribution >= 0.6 is 15.9 Å². The van der Waals surface area contributed by atoms with Gasteiger partial charge in [-0.05, 0) is 44.4 Å². The molecule has 1 rings (SSSR count). The van der Waals surface area contributed by atoms with Crippen molar-refractivity contribution >= 4 is 15.9 Å². The first kappa shape index (κ1) is 9.79. The zero-order valence-corrected chi connectivity index (χ0v) is 9.70. The van der Waals surface area contributed by atoms with Crippen molar-refractivity contribution in [2.24, 2.45) is 0 Å². The van der Waals surface area contributed by atoms with E-state index in [0.717, 1.165) is 0 Å². The summed E-state index contributed by atoms with van der Waals surface area (Å²) in [6.07, 6.45) is 0. The molecule has 0 saturated heterocycles. The molecule has 1 heteroatoms. The predicted octanol–water partition coefficient (Wildman–Crippen LogP) is 3.93. The van der Waals surface area contributed by atoms with Crippen molar-refractivity contribution in [3.63, 3.8) is 0 Å². The van der Waals surface area contributed by atoms with Crippen LogP contribution in [0.1, 0.15) is 30.5 Å². The monoisotopic (exact) mass is 226 g/mol. The lowest BCUT2D eigenvalue weighted by Gasteiger charge is -2.20. The molecule has 0 nitrogen and oxygen atoms in total. The van der Waals surface area contributed by atoms with Gasteiger partial charge in [0.25, 0.3) is 0 Å². The second-order valence-corrected chi connectivity index (χ2v) is 5.70. The van der Waals surface area contributed by atoms with Crippen molar-refractivity contribution in [2.75, 3.05) is 0 Å². The molecular formula is C11H15Br. The highest BCUT2D eigenvalue weighted by Gasteiger charge is 2.18. The molecule has 0 radical (unpaired) electrons. The number of hydrogen-bond acceptors (Lipinski definition) is 0. The maximum Gasteiger partial charge on any atom is 0.0452 e. The highest BCUT2D eigenvalue weighted by Crippen LogP contribution is 2.32. The molecule has 0 spiro atoms. The fraction of sp³-hybridized carbons (Fsp3) is 0.455. The second kappa shape index (κ2) is 3.21. The molecule has 1 aromatic rings. The van der Waals surface area contributed by atoms with Crippen molar-refractivity contribution in [3.8, 4) is 0 Å². The van der Waals surface area contributed by atoms with Crippen molar-refractivity contribution in [1.82, 2.24) is 0 Å². The van der Waals surface area contributed by atoms with Crippen LogP contribution in [0, 0.1) is 13.8 Å². The van der Waals surface area contributed by atoms with Crippen LogP contribution in [0.3, 0.4) is 0 Å². The van der Waals surface area contributed by atoms with Crippen LogP contribution in [0.5, 0.6) is 0 Å². The molecule has 0 atom stereocenters. The van der Waals surface area contributed by atoms with Gasteiger partial charge in [-0.1, -0.05) is 34.1 Å². The Morgan fingerprint density at radius 1 is 1.17 bits per heavy atom. The number of alkyl halides is 1. The van der Waals surface area contributed by atoms with E-state index in [2.05, 4.69) is 61.8 Å². The van der Waals surface area contributed by atoms with E-state index in [1.807, 2.05) is 0 Å². The van der Waals surface area contributed by atoms with E-state index in [1.54, 1.807) is 0 Å². The van der Waals surface area contributed by atoms with Gasteiger partial charge in [0.05, 0.1) is 0 Å². The SMILES string of the molecule is Cc1cccc(C(C)(C)Br)c1C. The second-order valence-electron chi connectivity index (χ2n) is 3.72. The minimum absolute atomic E-state index is 0.0864. The third kappa shape index (κ3) is 1.89. The summed E-state index contributed by atoms with van der Waals surface area (Å²) in [7, 11) is 0. The van der Waals surface area contributed by atoms with E-state index in [0.29, 0.717) is 0 Å². The van der Waals surface area contributed by atoms with Crippen LogP contribution in [-0.4, -0.2) is 0 Å². The fourth-order valence-electron chi connectivity index (χ4n) is 1.40. The molecule has 0 unspecified atom stereocenters. The summed E-state index contributed by atoms with van der Waals surface area (Å²) in [5.74, 6) is 0. The normalized spacial score (nSPS) is 11.8. The van der Waals surface area contributed by atoms with E-state index >= 15 is 0 Å². The average Bonchev–Trinajstić information content (AvgIpc) is 1.92. The average molecular weight is 227 g/mol. The zero-order chi connectivity index (χ0) is 9.35. The first-order valence-electron chi connectivity index (χ1n) is 4.18. The lowest BCUT2D eigenvalue weighted by Crippen LogP contribution is -2.09. The van der Waals surface area contributed by atoms with Gasteiger partial charge in [0.1, 0.15) is 0 Å². The van der Waals surface area contributed by atoms with Gasteiger partial charge in [0.2, 0.25) is 0 Å². The Labute approximate surface area is 83.1 Å². The smallest absolute Gasteiger partial charge is 0.0452 e. The number of rotatable bonds is 1. The van der Waals surface area contributed by atoms with E-state index in [4.69, 9.17) is 0 Å². The summed E-state index contributed by atoms with van der Waals surface area (Å²) in [5, 5.41) is 0. The van der Waals surface area contributed by atoms with Crippen molar-refractivity contribution in [1.29, 1.82) is 0 Å². The minimum Gasteiger partial charge on any atom is -0.0807 e. The third-order valence-corrected chi connectivity index (χ3v) is 2.67. The Kier molecular flexibility index (Phi) is 2.62. The van der Waals surface area contributed by atoms with Gasteiger partial charge in [-0.25, -0.2) is 0 Å². The Morgan fingerprint density at radius 2 is 1.75 bits per heavy atom. The molecule has 0 heterocycles.